The predicted octanol–water partition coefficient (Wildman–Crippen LogP) is 2.93. The first-order valence-electron chi connectivity index (χ1n) is 8.43. The van der Waals surface area contributed by atoms with Crippen molar-refractivity contribution in [2.75, 3.05) is 23.8 Å². The quantitative estimate of drug-likeness (QED) is 0.812. The molecular weight excluding hydrogens is 346 g/mol. The summed E-state index contributed by atoms with van der Waals surface area (Å²) in [6.07, 6.45) is 0. The van der Waals surface area contributed by atoms with Crippen molar-refractivity contribution >= 4 is 23.2 Å². The molecule has 2 N–H and O–H groups in total. The van der Waals surface area contributed by atoms with Crippen molar-refractivity contribution in [2.24, 2.45) is 5.41 Å². The lowest BCUT2D eigenvalue weighted by atomic mass is 9.90. The second-order valence-corrected chi connectivity index (χ2v) is 6.55. The van der Waals surface area contributed by atoms with Gasteiger partial charge in [0.2, 0.25) is 11.8 Å². The molecule has 27 heavy (non-hydrogen) atoms. The summed E-state index contributed by atoms with van der Waals surface area (Å²) in [4.78, 5) is 25.3. The van der Waals surface area contributed by atoms with Crippen molar-refractivity contribution in [1.82, 2.24) is 0 Å². The van der Waals surface area contributed by atoms with E-state index in [9.17, 15) is 9.59 Å². The minimum absolute atomic E-state index is 0.328. The van der Waals surface area contributed by atoms with Crippen molar-refractivity contribution in [3.8, 4) is 17.6 Å². The molecule has 1 heterocycles. The monoisotopic (exact) mass is 365 g/mol. The number of nitriles is 1. The number of fused-ring (bicyclic) bond motifs is 1. The molecule has 0 radical (unpaired) electrons. The van der Waals surface area contributed by atoms with Gasteiger partial charge in [-0.1, -0.05) is 12.1 Å². The summed E-state index contributed by atoms with van der Waals surface area (Å²) >= 11 is 0. The molecule has 1 aliphatic heterocycles. The average molecular weight is 365 g/mol. The van der Waals surface area contributed by atoms with Crippen LogP contribution in [0.5, 0.6) is 11.5 Å². The summed E-state index contributed by atoms with van der Waals surface area (Å²) in [6, 6.07) is 13.7. The van der Waals surface area contributed by atoms with Crippen LogP contribution in [0.25, 0.3) is 0 Å². The third kappa shape index (κ3) is 3.85. The van der Waals surface area contributed by atoms with Gasteiger partial charge in [0.1, 0.15) is 24.7 Å². The van der Waals surface area contributed by atoms with Crippen LogP contribution in [-0.4, -0.2) is 25.0 Å². The molecule has 0 aliphatic carbocycles. The van der Waals surface area contributed by atoms with Gasteiger partial charge in [-0.25, -0.2) is 0 Å². The fourth-order valence-corrected chi connectivity index (χ4v) is 2.48. The Morgan fingerprint density at radius 1 is 1.00 bits per heavy atom. The Bertz CT molecular complexity index is 931. The van der Waals surface area contributed by atoms with Gasteiger partial charge in [0.25, 0.3) is 0 Å². The molecule has 0 saturated heterocycles. The molecule has 0 aromatic heterocycles. The van der Waals surface area contributed by atoms with E-state index in [-0.39, 0.29) is 0 Å². The molecular formula is C20H19N3O4. The Morgan fingerprint density at radius 3 is 2.41 bits per heavy atom. The van der Waals surface area contributed by atoms with Gasteiger partial charge in [0.05, 0.1) is 11.3 Å². The summed E-state index contributed by atoms with van der Waals surface area (Å²) in [5.74, 6) is 0.167. The van der Waals surface area contributed by atoms with Crippen LogP contribution in [0, 0.1) is 16.7 Å². The summed E-state index contributed by atoms with van der Waals surface area (Å²) in [5.41, 5.74) is -0.169. The van der Waals surface area contributed by atoms with E-state index in [1.165, 1.54) is 13.8 Å². The number of ether oxygens (including phenoxy) is 2. The number of amides is 2. The van der Waals surface area contributed by atoms with Gasteiger partial charge in [-0.2, -0.15) is 5.26 Å². The summed E-state index contributed by atoms with van der Waals surface area (Å²) in [5, 5.41) is 14.5. The molecule has 0 spiro atoms. The van der Waals surface area contributed by atoms with Crippen LogP contribution in [0.3, 0.4) is 0 Å². The summed E-state index contributed by atoms with van der Waals surface area (Å²) in [6.45, 7) is 3.96. The highest BCUT2D eigenvalue weighted by Crippen LogP contribution is 2.33. The highest BCUT2D eigenvalue weighted by Gasteiger charge is 2.36. The van der Waals surface area contributed by atoms with Gasteiger partial charge < -0.3 is 20.1 Å². The van der Waals surface area contributed by atoms with Crippen molar-refractivity contribution in [3.63, 3.8) is 0 Å². The Morgan fingerprint density at radius 2 is 1.67 bits per heavy atom. The molecule has 0 unspecified atom stereocenters. The normalized spacial score (nSPS) is 12.6. The van der Waals surface area contributed by atoms with Crippen molar-refractivity contribution in [1.29, 1.82) is 5.26 Å². The van der Waals surface area contributed by atoms with Gasteiger partial charge in [0.15, 0.2) is 11.5 Å². The van der Waals surface area contributed by atoms with Crippen LogP contribution >= 0.6 is 0 Å². The van der Waals surface area contributed by atoms with Gasteiger partial charge in [-0.05, 0) is 38.1 Å². The largest absolute Gasteiger partial charge is 0.486 e. The zero-order valence-electron chi connectivity index (χ0n) is 15.0. The fourth-order valence-electron chi connectivity index (χ4n) is 2.48. The van der Waals surface area contributed by atoms with E-state index in [0.29, 0.717) is 41.7 Å². The molecule has 7 nitrogen and oxygen atoms in total. The van der Waals surface area contributed by atoms with Crippen LogP contribution in [-0.2, 0) is 9.59 Å². The van der Waals surface area contributed by atoms with E-state index in [2.05, 4.69) is 10.6 Å². The van der Waals surface area contributed by atoms with Gasteiger partial charge in [-0.15, -0.1) is 0 Å². The fraction of sp³-hybridized carbons (Fsp3) is 0.250. The van der Waals surface area contributed by atoms with E-state index in [1.54, 1.807) is 42.5 Å². The lowest BCUT2D eigenvalue weighted by molar-refractivity contribution is -0.135. The second-order valence-electron chi connectivity index (χ2n) is 6.55. The van der Waals surface area contributed by atoms with Crippen LogP contribution in [0.2, 0.25) is 0 Å². The SMILES string of the molecule is CC(C)(C(=O)Nc1ccc2c(c1)OCCO2)C(=O)Nc1ccccc1C#N. The Balaban J connectivity index is 1.73. The number of para-hydroxylation sites is 1. The summed E-state index contributed by atoms with van der Waals surface area (Å²) in [7, 11) is 0. The zero-order chi connectivity index (χ0) is 19.4. The molecule has 0 saturated carbocycles. The number of carbonyl (C=O) groups is 2. The highest BCUT2D eigenvalue weighted by molar-refractivity contribution is 6.14. The van der Waals surface area contributed by atoms with Crippen molar-refractivity contribution in [2.45, 2.75) is 13.8 Å². The molecule has 3 rings (SSSR count). The van der Waals surface area contributed by atoms with Crippen LogP contribution in [0.15, 0.2) is 42.5 Å². The van der Waals surface area contributed by atoms with E-state index in [4.69, 9.17) is 14.7 Å². The number of anilines is 2. The molecule has 0 fully saturated rings. The maximum atomic E-state index is 12.7. The smallest absolute Gasteiger partial charge is 0.239 e. The van der Waals surface area contributed by atoms with Crippen LogP contribution in [0.1, 0.15) is 19.4 Å². The Hall–Kier alpha value is -3.53. The number of rotatable bonds is 4. The topological polar surface area (TPSA) is 100 Å². The Labute approximate surface area is 156 Å². The highest BCUT2D eigenvalue weighted by atomic mass is 16.6. The van der Waals surface area contributed by atoms with Gasteiger partial charge in [-0.3, -0.25) is 9.59 Å². The Kier molecular flexibility index (Phi) is 4.99. The minimum Gasteiger partial charge on any atom is -0.486 e. The lowest BCUT2D eigenvalue weighted by Crippen LogP contribution is -2.41. The molecule has 2 amide bonds. The number of nitrogens with zero attached hydrogens (tertiary/aromatic N) is 1. The predicted molar refractivity (Wildman–Crippen MR) is 99.6 cm³/mol. The number of hydrogen-bond acceptors (Lipinski definition) is 5. The second kappa shape index (κ2) is 7.38. The molecule has 7 heteroatoms. The van der Waals surface area contributed by atoms with E-state index in [0.717, 1.165) is 0 Å². The minimum atomic E-state index is -1.37. The number of nitrogens with one attached hydrogen (secondary N) is 2. The third-order valence-corrected chi connectivity index (χ3v) is 4.23. The van der Waals surface area contributed by atoms with Crippen LogP contribution < -0.4 is 20.1 Å². The van der Waals surface area contributed by atoms with Crippen LogP contribution in [0.4, 0.5) is 11.4 Å². The number of hydrogen-bond donors (Lipinski definition) is 2. The first-order chi connectivity index (χ1) is 12.9. The first-order valence-corrected chi connectivity index (χ1v) is 8.43. The lowest BCUT2D eigenvalue weighted by Gasteiger charge is -2.24. The van der Waals surface area contributed by atoms with E-state index < -0.39 is 17.2 Å². The molecule has 2 aromatic rings. The van der Waals surface area contributed by atoms with Gasteiger partial charge >= 0.3 is 0 Å². The number of benzene rings is 2. The molecule has 2 aromatic carbocycles. The van der Waals surface area contributed by atoms with Gasteiger partial charge in [0, 0.05) is 11.8 Å². The first kappa shape index (κ1) is 18.3. The molecule has 0 atom stereocenters. The standard InChI is InChI=1S/C20H19N3O4/c1-20(2,19(25)23-15-6-4-3-5-13(15)12-21)18(24)22-14-7-8-16-17(11-14)27-10-9-26-16/h3-8,11H,9-10H2,1-2H3,(H,22,24)(H,23,25). The zero-order valence-corrected chi connectivity index (χ0v) is 15.0. The third-order valence-electron chi connectivity index (χ3n) is 4.23. The molecule has 1 aliphatic rings. The van der Waals surface area contributed by atoms with E-state index in [1.807, 2.05) is 6.07 Å². The number of carbonyl (C=O) groups excluding carboxylic acids is 2. The molecule has 138 valence electrons. The average Bonchev–Trinajstić information content (AvgIpc) is 2.68. The summed E-state index contributed by atoms with van der Waals surface area (Å²) < 4.78 is 10.9. The maximum absolute atomic E-state index is 12.7. The van der Waals surface area contributed by atoms with E-state index >= 15 is 0 Å². The van der Waals surface area contributed by atoms with Crippen molar-refractivity contribution in [3.05, 3.63) is 48.0 Å². The molecule has 0 bridgehead atoms. The maximum Gasteiger partial charge on any atom is 0.239 e. The van der Waals surface area contributed by atoms with Crippen molar-refractivity contribution < 1.29 is 19.1 Å².